The molecule has 2 aromatic carbocycles. The minimum Gasteiger partial charge on any atom is -0.365 e. The molecule has 4 nitrogen and oxygen atoms in total. The average Bonchev–Trinajstić information content (AvgIpc) is 3.57. The molecule has 10 heteroatoms. The highest BCUT2D eigenvalue weighted by Gasteiger charge is 2.53. The third kappa shape index (κ3) is 4.18. The molecule has 2 atom stereocenters. The molecular weight excluding hydrogens is 479 g/mol. The van der Waals surface area contributed by atoms with Crippen LogP contribution in [0.15, 0.2) is 30.3 Å². The van der Waals surface area contributed by atoms with Crippen LogP contribution >= 0.6 is 11.6 Å². The summed E-state index contributed by atoms with van der Waals surface area (Å²) in [6.07, 6.45) is -2.70. The number of amides is 1. The van der Waals surface area contributed by atoms with Crippen LogP contribution in [0.2, 0.25) is 5.02 Å². The maximum absolute atomic E-state index is 14.2. The maximum atomic E-state index is 14.2. The van der Waals surface area contributed by atoms with Crippen molar-refractivity contribution in [1.82, 2.24) is 10.2 Å². The Morgan fingerprint density at radius 3 is 2.59 bits per heavy atom. The highest BCUT2D eigenvalue weighted by molar-refractivity contribution is 6.30. The van der Waals surface area contributed by atoms with Crippen LogP contribution in [0.1, 0.15) is 41.5 Å². The van der Waals surface area contributed by atoms with Gasteiger partial charge in [0.1, 0.15) is 5.60 Å². The summed E-state index contributed by atoms with van der Waals surface area (Å²) < 4.78 is 73.9. The average molecular weight is 501 g/mol. The number of hydrogen-bond donors (Lipinski definition) is 1. The SMILES string of the molecule is O=C([C@H]1CNCCC12OCc1cc(F)c(F)cc12)N(Cc1cc(Cl)cc(C(F)(F)F)c1)C1CC1. The van der Waals surface area contributed by atoms with Crippen molar-refractivity contribution >= 4 is 17.5 Å². The van der Waals surface area contributed by atoms with Crippen molar-refractivity contribution < 1.29 is 31.5 Å². The Kier molecular flexibility index (Phi) is 5.85. The van der Waals surface area contributed by atoms with E-state index in [0.29, 0.717) is 24.1 Å². The van der Waals surface area contributed by atoms with Gasteiger partial charge in [0.15, 0.2) is 11.6 Å². The van der Waals surface area contributed by atoms with Gasteiger partial charge in [-0.2, -0.15) is 13.2 Å². The molecular formula is C24H22ClF5N2O2. The first-order valence-corrected chi connectivity index (χ1v) is 11.5. The Hall–Kier alpha value is -2.23. The highest BCUT2D eigenvalue weighted by Crippen LogP contribution is 2.48. The van der Waals surface area contributed by atoms with Crippen molar-refractivity contribution in [3.05, 3.63) is 69.2 Å². The van der Waals surface area contributed by atoms with Gasteiger partial charge in [0.2, 0.25) is 5.91 Å². The van der Waals surface area contributed by atoms with Crippen LogP contribution in [0.3, 0.4) is 0 Å². The van der Waals surface area contributed by atoms with E-state index in [1.54, 1.807) is 4.90 Å². The molecule has 1 N–H and O–H groups in total. The van der Waals surface area contributed by atoms with Gasteiger partial charge in [-0.25, -0.2) is 8.78 Å². The third-order valence-electron chi connectivity index (χ3n) is 6.88. The Bertz CT molecular complexity index is 1140. The fourth-order valence-corrected chi connectivity index (χ4v) is 5.36. The van der Waals surface area contributed by atoms with E-state index in [2.05, 4.69) is 5.32 Å². The molecule has 1 saturated heterocycles. The number of ether oxygens (including phenoxy) is 1. The molecule has 2 aliphatic heterocycles. The van der Waals surface area contributed by atoms with Gasteiger partial charge in [-0.05, 0) is 72.8 Å². The number of rotatable bonds is 4. The molecule has 2 aromatic rings. The van der Waals surface area contributed by atoms with Gasteiger partial charge < -0.3 is 15.0 Å². The van der Waals surface area contributed by atoms with Crippen LogP contribution in [0, 0.1) is 17.6 Å². The summed E-state index contributed by atoms with van der Waals surface area (Å²) in [6.45, 7) is 0.798. The van der Waals surface area contributed by atoms with Gasteiger partial charge in [-0.15, -0.1) is 0 Å². The lowest BCUT2D eigenvalue weighted by Crippen LogP contribution is -2.55. The van der Waals surface area contributed by atoms with Crippen molar-refractivity contribution in [3.8, 4) is 0 Å². The number of carbonyl (C=O) groups excluding carboxylic acids is 1. The Morgan fingerprint density at radius 1 is 1.15 bits per heavy atom. The molecule has 1 unspecified atom stereocenters. The van der Waals surface area contributed by atoms with Gasteiger partial charge in [0.25, 0.3) is 0 Å². The van der Waals surface area contributed by atoms with Crippen molar-refractivity contribution in [2.24, 2.45) is 5.92 Å². The first kappa shape index (κ1) is 23.5. The minimum atomic E-state index is -4.56. The van der Waals surface area contributed by atoms with E-state index >= 15 is 0 Å². The Labute approximate surface area is 198 Å². The van der Waals surface area contributed by atoms with E-state index in [9.17, 15) is 26.7 Å². The van der Waals surface area contributed by atoms with Crippen molar-refractivity contribution in [2.45, 2.75) is 50.2 Å². The summed E-state index contributed by atoms with van der Waals surface area (Å²) in [5.74, 6) is -3.02. The molecule has 1 saturated carbocycles. The van der Waals surface area contributed by atoms with Crippen molar-refractivity contribution in [1.29, 1.82) is 0 Å². The molecule has 5 rings (SSSR count). The number of alkyl halides is 3. The fourth-order valence-electron chi connectivity index (χ4n) is 5.10. The predicted molar refractivity (Wildman–Crippen MR) is 114 cm³/mol. The molecule has 2 heterocycles. The van der Waals surface area contributed by atoms with Crippen molar-refractivity contribution in [2.75, 3.05) is 13.1 Å². The summed E-state index contributed by atoms with van der Waals surface area (Å²) in [6, 6.07) is 5.39. The highest BCUT2D eigenvalue weighted by atomic mass is 35.5. The van der Waals surface area contributed by atoms with Crippen LogP contribution in [0.5, 0.6) is 0 Å². The van der Waals surface area contributed by atoms with Crippen LogP contribution in [-0.2, 0) is 34.5 Å². The number of nitrogens with one attached hydrogen (secondary N) is 1. The van der Waals surface area contributed by atoms with E-state index in [1.807, 2.05) is 0 Å². The second-order valence-corrected chi connectivity index (χ2v) is 9.59. The quantitative estimate of drug-likeness (QED) is 0.589. The van der Waals surface area contributed by atoms with Crippen molar-refractivity contribution in [3.63, 3.8) is 0 Å². The Morgan fingerprint density at radius 2 is 1.88 bits per heavy atom. The molecule has 0 aromatic heterocycles. The molecule has 0 radical (unpaired) electrons. The predicted octanol–water partition coefficient (Wildman–Crippen LogP) is 5.16. The molecule has 2 fully saturated rings. The number of hydrogen-bond acceptors (Lipinski definition) is 3. The van der Waals surface area contributed by atoms with Crippen LogP contribution in [0.25, 0.3) is 0 Å². The van der Waals surface area contributed by atoms with Gasteiger partial charge in [0.05, 0.1) is 18.1 Å². The fraction of sp³-hybridized carbons (Fsp3) is 0.458. The summed E-state index contributed by atoms with van der Waals surface area (Å²) >= 11 is 5.95. The van der Waals surface area contributed by atoms with Crippen LogP contribution < -0.4 is 5.32 Å². The lowest BCUT2D eigenvalue weighted by Gasteiger charge is -2.43. The van der Waals surface area contributed by atoms with Crippen LogP contribution in [-0.4, -0.2) is 29.9 Å². The summed E-state index contributed by atoms with van der Waals surface area (Å²) in [5, 5.41) is 3.11. The lowest BCUT2D eigenvalue weighted by atomic mass is 9.75. The van der Waals surface area contributed by atoms with Gasteiger partial charge >= 0.3 is 6.18 Å². The zero-order valence-corrected chi connectivity index (χ0v) is 18.8. The molecule has 1 amide bonds. The summed E-state index contributed by atoms with van der Waals surface area (Å²) in [7, 11) is 0. The maximum Gasteiger partial charge on any atom is 0.416 e. The summed E-state index contributed by atoms with van der Waals surface area (Å²) in [4.78, 5) is 15.4. The number of carbonyl (C=O) groups is 1. The van der Waals surface area contributed by atoms with E-state index in [1.165, 1.54) is 6.07 Å². The molecule has 182 valence electrons. The van der Waals surface area contributed by atoms with Gasteiger partial charge in [-0.3, -0.25) is 4.79 Å². The Balaban J connectivity index is 1.48. The van der Waals surface area contributed by atoms with E-state index in [4.69, 9.17) is 16.3 Å². The lowest BCUT2D eigenvalue weighted by molar-refractivity contribution is -0.157. The topological polar surface area (TPSA) is 41.6 Å². The number of piperidine rings is 1. The number of nitrogens with zero attached hydrogens (tertiary/aromatic N) is 1. The zero-order chi connectivity index (χ0) is 24.3. The van der Waals surface area contributed by atoms with E-state index < -0.39 is 34.9 Å². The minimum absolute atomic E-state index is 0.0373. The second kappa shape index (κ2) is 8.46. The largest absolute Gasteiger partial charge is 0.416 e. The summed E-state index contributed by atoms with van der Waals surface area (Å²) in [5.41, 5.74) is -0.756. The van der Waals surface area contributed by atoms with E-state index in [-0.39, 0.29) is 42.2 Å². The standard InChI is InChI=1S/C24H22ClF5N2O2/c25-16-6-13(5-15(8-16)24(28,29)30)11-32(17-1-2-17)22(33)19-10-31-4-3-23(19)18-9-21(27)20(26)7-14(18)12-34-23/h5-9,17,19,31H,1-4,10-12H2/t19-,23?/m1/s1. The van der Waals surface area contributed by atoms with Crippen LogP contribution in [0.4, 0.5) is 22.0 Å². The third-order valence-corrected chi connectivity index (χ3v) is 7.10. The molecule has 1 aliphatic carbocycles. The normalized spacial score (nSPS) is 24.4. The van der Waals surface area contributed by atoms with Gasteiger partial charge in [0, 0.05) is 24.2 Å². The molecule has 34 heavy (non-hydrogen) atoms. The number of benzene rings is 2. The molecule has 3 aliphatic rings. The van der Waals surface area contributed by atoms with Gasteiger partial charge in [-0.1, -0.05) is 11.6 Å². The first-order chi connectivity index (χ1) is 16.1. The first-order valence-electron chi connectivity index (χ1n) is 11.1. The second-order valence-electron chi connectivity index (χ2n) is 9.15. The number of halogens is 6. The zero-order valence-electron chi connectivity index (χ0n) is 18.0. The molecule has 1 spiro atoms. The smallest absolute Gasteiger partial charge is 0.365 e. The molecule has 0 bridgehead atoms. The number of fused-ring (bicyclic) bond motifs is 2. The monoisotopic (exact) mass is 500 g/mol. The van der Waals surface area contributed by atoms with E-state index in [0.717, 1.165) is 37.1 Å².